The maximum absolute atomic E-state index is 12.4. The van der Waals surface area contributed by atoms with Gasteiger partial charge in [-0.15, -0.1) is 6.58 Å². The molecular formula is C14H17NO6. The second kappa shape index (κ2) is 4.98. The van der Waals surface area contributed by atoms with Crippen LogP contribution in [0.4, 0.5) is 0 Å². The Balaban J connectivity index is 2.55. The van der Waals surface area contributed by atoms with Crippen LogP contribution < -0.4 is 5.32 Å². The summed E-state index contributed by atoms with van der Waals surface area (Å²) in [7, 11) is 0. The molecule has 2 aliphatic rings. The summed E-state index contributed by atoms with van der Waals surface area (Å²) in [6.07, 6.45) is 1.44. The van der Waals surface area contributed by atoms with Crippen molar-refractivity contribution in [3.8, 4) is 0 Å². The Hall–Kier alpha value is -2.18. The van der Waals surface area contributed by atoms with Gasteiger partial charge in [0, 0.05) is 5.92 Å². The average molecular weight is 295 g/mol. The van der Waals surface area contributed by atoms with E-state index in [1.807, 2.05) is 0 Å². The molecular weight excluding hydrogens is 278 g/mol. The zero-order valence-electron chi connectivity index (χ0n) is 11.9. The predicted molar refractivity (Wildman–Crippen MR) is 69.9 cm³/mol. The van der Waals surface area contributed by atoms with Crippen LogP contribution in [0, 0.1) is 11.3 Å². The third-order valence-electron chi connectivity index (χ3n) is 4.17. The standard InChI is InChI=1S/C14H17NO6/c1-4-8-7-13(11(18)20-5-2)9(16)10(17)15-14(8,13)12(19)21-6-3/h4,8H,1,5-7H2,2-3H3,(H,15,17)/t8-,13-,14+/m1/s1. The summed E-state index contributed by atoms with van der Waals surface area (Å²) in [5.41, 5.74) is -3.57. The third kappa shape index (κ3) is 1.60. The lowest BCUT2D eigenvalue weighted by Crippen LogP contribution is -2.75. The van der Waals surface area contributed by atoms with Crippen molar-refractivity contribution in [3.05, 3.63) is 12.7 Å². The fraction of sp³-hybridized carbons (Fsp3) is 0.571. The van der Waals surface area contributed by atoms with E-state index in [4.69, 9.17) is 9.47 Å². The topological polar surface area (TPSA) is 98.8 Å². The van der Waals surface area contributed by atoms with E-state index >= 15 is 0 Å². The molecule has 114 valence electrons. The van der Waals surface area contributed by atoms with Crippen LogP contribution in [0.25, 0.3) is 0 Å². The number of nitrogens with one attached hydrogen (secondary N) is 1. The number of fused-ring (bicyclic) bond motifs is 1. The largest absolute Gasteiger partial charge is 0.465 e. The molecule has 1 aliphatic carbocycles. The minimum absolute atomic E-state index is 0.00568. The molecule has 1 saturated carbocycles. The van der Waals surface area contributed by atoms with Crippen molar-refractivity contribution in [1.82, 2.24) is 5.32 Å². The van der Waals surface area contributed by atoms with Gasteiger partial charge < -0.3 is 14.8 Å². The summed E-state index contributed by atoms with van der Waals surface area (Å²) < 4.78 is 9.89. The van der Waals surface area contributed by atoms with E-state index in [1.165, 1.54) is 6.08 Å². The van der Waals surface area contributed by atoms with Crippen molar-refractivity contribution in [2.45, 2.75) is 25.8 Å². The van der Waals surface area contributed by atoms with Crippen LogP contribution in [0.2, 0.25) is 0 Å². The summed E-state index contributed by atoms with van der Waals surface area (Å²) in [4.78, 5) is 48.7. The first-order chi connectivity index (χ1) is 9.92. The van der Waals surface area contributed by atoms with Crippen molar-refractivity contribution < 1.29 is 28.7 Å². The maximum Gasteiger partial charge on any atom is 0.334 e. The molecule has 2 rings (SSSR count). The molecule has 2 fully saturated rings. The number of esters is 2. The smallest absolute Gasteiger partial charge is 0.334 e. The first-order valence-electron chi connectivity index (χ1n) is 6.76. The fourth-order valence-electron chi connectivity index (χ4n) is 3.20. The number of carbonyl (C=O) groups excluding carboxylic acids is 4. The van der Waals surface area contributed by atoms with Gasteiger partial charge in [0.2, 0.25) is 5.78 Å². The van der Waals surface area contributed by atoms with E-state index in [-0.39, 0.29) is 19.6 Å². The van der Waals surface area contributed by atoms with Gasteiger partial charge in [0.25, 0.3) is 5.91 Å². The lowest BCUT2D eigenvalue weighted by molar-refractivity contribution is -0.190. The molecule has 7 nitrogen and oxygen atoms in total. The Kier molecular flexibility index (Phi) is 3.61. The maximum atomic E-state index is 12.4. The molecule has 1 amide bonds. The van der Waals surface area contributed by atoms with Gasteiger partial charge in [0.15, 0.2) is 11.0 Å². The molecule has 0 bridgehead atoms. The Labute approximate surface area is 121 Å². The van der Waals surface area contributed by atoms with Gasteiger partial charge in [0.1, 0.15) is 0 Å². The Morgan fingerprint density at radius 3 is 2.38 bits per heavy atom. The van der Waals surface area contributed by atoms with E-state index in [0.29, 0.717) is 0 Å². The highest BCUT2D eigenvalue weighted by Crippen LogP contribution is 2.59. The van der Waals surface area contributed by atoms with Crippen molar-refractivity contribution >= 4 is 23.6 Å². The molecule has 1 saturated heterocycles. The fourth-order valence-corrected chi connectivity index (χ4v) is 3.20. The van der Waals surface area contributed by atoms with Crippen LogP contribution in [-0.4, -0.2) is 42.4 Å². The van der Waals surface area contributed by atoms with E-state index in [1.54, 1.807) is 13.8 Å². The molecule has 0 unspecified atom stereocenters. The summed E-state index contributed by atoms with van der Waals surface area (Å²) >= 11 is 0. The van der Waals surface area contributed by atoms with Gasteiger partial charge in [-0.3, -0.25) is 14.4 Å². The van der Waals surface area contributed by atoms with Crippen LogP contribution in [0.5, 0.6) is 0 Å². The zero-order valence-corrected chi connectivity index (χ0v) is 11.9. The summed E-state index contributed by atoms with van der Waals surface area (Å²) in [5.74, 6) is -4.17. The molecule has 0 spiro atoms. The minimum Gasteiger partial charge on any atom is -0.465 e. The first-order valence-corrected chi connectivity index (χ1v) is 6.76. The number of Topliss-reactive ketones (excluding diaryl/α,β-unsaturated/α-hetero) is 1. The van der Waals surface area contributed by atoms with Crippen LogP contribution >= 0.6 is 0 Å². The number of rotatable bonds is 5. The zero-order chi connectivity index (χ0) is 15.8. The predicted octanol–water partition coefficient (Wildman–Crippen LogP) is -0.257. The van der Waals surface area contributed by atoms with Gasteiger partial charge >= 0.3 is 11.9 Å². The monoisotopic (exact) mass is 295 g/mol. The van der Waals surface area contributed by atoms with Crippen molar-refractivity contribution in [2.24, 2.45) is 11.3 Å². The van der Waals surface area contributed by atoms with Gasteiger partial charge in [-0.1, -0.05) is 6.08 Å². The van der Waals surface area contributed by atoms with Crippen molar-refractivity contribution in [2.75, 3.05) is 13.2 Å². The highest BCUT2D eigenvalue weighted by molar-refractivity contribution is 6.47. The Morgan fingerprint density at radius 2 is 1.86 bits per heavy atom. The van der Waals surface area contributed by atoms with E-state index in [0.717, 1.165) is 0 Å². The minimum atomic E-state index is -1.84. The number of ketones is 1. The molecule has 0 aromatic rings. The molecule has 0 radical (unpaired) electrons. The Bertz CT molecular complexity index is 542. The molecule has 0 aromatic heterocycles. The molecule has 1 heterocycles. The average Bonchev–Trinajstić information content (AvgIpc) is 2.60. The molecule has 7 heteroatoms. The molecule has 0 aromatic carbocycles. The summed E-state index contributed by atoms with van der Waals surface area (Å²) in [5, 5.41) is 2.35. The summed E-state index contributed by atoms with van der Waals surface area (Å²) in [6, 6.07) is 0. The van der Waals surface area contributed by atoms with Crippen LogP contribution in [0.3, 0.4) is 0 Å². The number of amides is 1. The molecule has 1 N–H and O–H groups in total. The van der Waals surface area contributed by atoms with E-state index in [2.05, 4.69) is 11.9 Å². The highest BCUT2D eigenvalue weighted by atomic mass is 16.5. The SMILES string of the molecule is C=C[C@@H]1C[C@]2(C(=O)OCC)C(=O)C(=O)N[C@]12C(=O)OCC. The number of carbonyl (C=O) groups is 4. The van der Waals surface area contributed by atoms with E-state index < -0.39 is 40.5 Å². The molecule has 3 atom stereocenters. The Morgan fingerprint density at radius 1 is 1.29 bits per heavy atom. The number of ether oxygens (including phenoxy) is 2. The lowest BCUT2D eigenvalue weighted by Gasteiger charge is -2.53. The number of hydrogen-bond donors (Lipinski definition) is 1. The number of hydrogen-bond acceptors (Lipinski definition) is 6. The summed E-state index contributed by atoms with van der Waals surface area (Å²) in [6.45, 7) is 6.88. The molecule has 1 aliphatic heterocycles. The molecule has 21 heavy (non-hydrogen) atoms. The van der Waals surface area contributed by atoms with Crippen LogP contribution in [-0.2, 0) is 28.7 Å². The van der Waals surface area contributed by atoms with Crippen LogP contribution in [0.15, 0.2) is 12.7 Å². The van der Waals surface area contributed by atoms with Gasteiger partial charge in [0.05, 0.1) is 13.2 Å². The van der Waals surface area contributed by atoms with E-state index in [9.17, 15) is 19.2 Å². The van der Waals surface area contributed by atoms with Gasteiger partial charge in [-0.2, -0.15) is 0 Å². The van der Waals surface area contributed by atoms with Crippen LogP contribution in [0.1, 0.15) is 20.3 Å². The second-order valence-corrected chi connectivity index (χ2v) is 4.98. The normalized spacial score (nSPS) is 33.5. The van der Waals surface area contributed by atoms with Gasteiger partial charge in [-0.25, -0.2) is 4.79 Å². The van der Waals surface area contributed by atoms with Crippen molar-refractivity contribution in [1.29, 1.82) is 0 Å². The first kappa shape index (κ1) is 15.2. The third-order valence-corrected chi connectivity index (χ3v) is 4.17. The van der Waals surface area contributed by atoms with Gasteiger partial charge in [-0.05, 0) is 20.3 Å². The highest BCUT2D eigenvalue weighted by Gasteiger charge is 2.83. The quantitative estimate of drug-likeness (QED) is 0.325. The van der Waals surface area contributed by atoms with Crippen molar-refractivity contribution in [3.63, 3.8) is 0 Å². The lowest BCUT2D eigenvalue weighted by atomic mass is 9.48. The second-order valence-electron chi connectivity index (χ2n) is 4.98.